The van der Waals surface area contributed by atoms with E-state index in [1.165, 1.54) is 23.5 Å². The number of amides is 1. The van der Waals surface area contributed by atoms with Crippen LogP contribution in [-0.4, -0.2) is 50.2 Å². The normalized spacial score (nSPS) is 15.5. The van der Waals surface area contributed by atoms with Crippen LogP contribution in [0.4, 0.5) is 13.2 Å². The van der Waals surface area contributed by atoms with Gasteiger partial charge in [0.25, 0.3) is 5.91 Å². The van der Waals surface area contributed by atoms with E-state index in [1.807, 2.05) is 0 Å². The maximum Gasteiger partial charge on any atom is 0.421 e. The number of aromatic nitrogens is 4. The molecule has 1 fully saturated rings. The molecule has 10 heteroatoms. The Hall–Kier alpha value is -2.65. The van der Waals surface area contributed by atoms with Crippen LogP contribution in [0.1, 0.15) is 16.2 Å². The summed E-state index contributed by atoms with van der Waals surface area (Å²) in [5.74, 6) is -0.784. The molecule has 2 aromatic rings. The number of rotatable bonds is 3. The second kappa shape index (κ2) is 5.28. The molecule has 0 bridgehead atoms. The molecule has 1 aliphatic heterocycles. The van der Waals surface area contributed by atoms with Crippen molar-refractivity contribution >= 4 is 5.91 Å². The Kier molecular flexibility index (Phi) is 3.43. The Balaban J connectivity index is 1.62. The zero-order chi connectivity index (χ0) is 15.7. The number of hydrogen-bond acceptors (Lipinski definition) is 5. The third-order valence-corrected chi connectivity index (χ3v) is 3.11. The third kappa shape index (κ3) is 2.71. The monoisotopic (exact) mass is 313 g/mol. The van der Waals surface area contributed by atoms with Gasteiger partial charge < -0.3 is 9.64 Å². The van der Waals surface area contributed by atoms with Gasteiger partial charge in [-0.3, -0.25) is 9.89 Å². The zero-order valence-corrected chi connectivity index (χ0v) is 11.0. The molecule has 0 unspecified atom stereocenters. The number of aromatic amines is 1. The van der Waals surface area contributed by atoms with Crippen LogP contribution in [-0.2, 0) is 6.18 Å². The lowest BCUT2D eigenvalue weighted by Crippen LogP contribution is -2.56. The average Bonchev–Trinajstić information content (AvgIpc) is 2.95. The standard InChI is InChI=1S/C12H10F3N5O2/c13-12(14,15)8-2-1-3-16-10(8)22-7-4-20(5-7)11(21)9-17-6-18-19-9/h1-3,6-7H,4-5H2,(H,17,18,19). The van der Waals surface area contributed by atoms with Crippen molar-refractivity contribution in [2.24, 2.45) is 0 Å². The van der Waals surface area contributed by atoms with Crippen molar-refractivity contribution in [3.05, 3.63) is 36.0 Å². The van der Waals surface area contributed by atoms with E-state index in [-0.39, 0.29) is 24.8 Å². The fourth-order valence-corrected chi connectivity index (χ4v) is 2.00. The topological polar surface area (TPSA) is 84.0 Å². The number of ether oxygens (including phenoxy) is 1. The summed E-state index contributed by atoms with van der Waals surface area (Å²) in [5.41, 5.74) is -0.935. The van der Waals surface area contributed by atoms with Crippen LogP contribution >= 0.6 is 0 Å². The van der Waals surface area contributed by atoms with Gasteiger partial charge in [0.1, 0.15) is 18.0 Å². The van der Waals surface area contributed by atoms with Crippen molar-refractivity contribution in [2.45, 2.75) is 12.3 Å². The van der Waals surface area contributed by atoms with E-state index in [0.29, 0.717) is 0 Å². The molecule has 1 saturated heterocycles. The van der Waals surface area contributed by atoms with Crippen LogP contribution in [0.3, 0.4) is 0 Å². The van der Waals surface area contributed by atoms with Gasteiger partial charge in [-0.1, -0.05) is 0 Å². The molecule has 1 N–H and O–H groups in total. The Labute approximate surface area is 122 Å². The summed E-state index contributed by atoms with van der Waals surface area (Å²) in [6.07, 6.45) is -2.66. The smallest absolute Gasteiger partial charge is 0.421 e. The van der Waals surface area contributed by atoms with E-state index < -0.39 is 23.7 Å². The van der Waals surface area contributed by atoms with Crippen LogP contribution in [0.5, 0.6) is 5.88 Å². The first-order chi connectivity index (χ1) is 10.4. The highest BCUT2D eigenvalue weighted by Crippen LogP contribution is 2.35. The fourth-order valence-electron chi connectivity index (χ4n) is 2.00. The zero-order valence-electron chi connectivity index (χ0n) is 11.0. The number of carbonyl (C=O) groups excluding carboxylic acids is 1. The average molecular weight is 313 g/mol. The highest BCUT2D eigenvalue weighted by molar-refractivity contribution is 5.90. The van der Waals surface area contributed by atoms with Gasteiger partial charge in [-0.25, -0.2) is 9.97 Å². The maximum atomic E-state index is 12.8. The number of halogens is 3. The summed E-state index contributed by atoms with van der Waals surface area (Å²) in [7, 11) is 0. The number of nitrogens with one attached hydrogen (secondary N) is 1. The van der Waals surface area contributed by atoms with Gasteiger partial charge >= 0.3 is 6.18 Å². The Morgan fingerprint density at radius 1 is 1.36 bits per heavy atom. The molecule has 3 rings (SSSR count). The van der Waals surface area contributed by atoms with Gasteiger partial charge in [0, 0.05) is 6.20 Å². The molecule has 0 aromatic carbocycles. The molecule has 3 heterocycles. The number of pyridine rings is 1. The molecule has 1 aliphatic rings. The molecule has 0 aliphatic carbocycles. The highest BCUT2D eigenvalue weighted by atomic mass is 19.4. The summed E-state index contributed by atoms with van der Waals surface area (Å²) in [5, 5.41) is 5.98. The van der Waals surface area contributed by atoms with Gasteiger partial charge in [-0.2, -0.15) is 18.3 Å². The molecular formula is C12H10F3N5O2. The molecule has 22 heavy (non-hydrogen) atoms. The van der Waals surface area contributed by atoms with Crippen molar-refractivity contribution < 1.29 is 22.7 Å². The van der Waals surface area contributed by atoms with E-state index in [9.17, 15) is 18.0 Å². The van der Waals surface area contributed by atoms with Gasteiger partial charge in [-0.05, 0) is 12.1 Å². The lowest BCUT2D eigenvalue weighted by Gasteiger charge is -2.38. The van der Waals surface area contributed by atoms with Gasteiger partial charge in [-0.15, -0.1) is 0 Å². The quantitative estimate of drug-likeness (QED) is 0.918. The minimum Gasteiger partial charge on any atom is -0.470 e. The van der Waals surface area contributed by atoms with Crippen LogP contribution < -0.4 is 4.74 Å². The second-order valence-electron chi connectivity index (χ2n) is 4.64. The summed E-state index contributed by atoms with van der Waals surface area (Å²) >= 11 is 0. The Bertz CT molecular complexity index is 668. The van der Waals surface area contributed by atoms with Crippen molar-refractivity contribution in [3.63, 3.8) is 0 Å². The highest BCUT2D eigenvalue weighted by Gasteiger charge is 2.38. The molecule has 0 atom stereocenters. The van der Waals surface area contributed by atoms with Crippen LogP contribution in [0.2, 0.25) is 0 Å². The van der Waals surface area contributed by atoms with Gasteiger partial charge in [0.15, 0.2) is 0 Å². The van der Waals surface area contributed by atoms with E-state index in [1.54, 1.807) is 0 Å². The number of H-pyrrole nitrogens is 1. The lowest BCUT2D eigenvalue weighted by atomic mass is 10.1. The summed E-state index contributed by atoms with van der Waals surface area (Å²) in [4.78, 5) is 20.6. The number of hydrogen-bond donors (Lipinski definition) is 1. The first-order valence-corrected chi connectivity index (χ1v) is 6.28. The Morgan fingerprint density at radius 3 is 2.77 bits per heavy atom. The molecule has 1 amide bonds. The lowest BCUT2D eigenvalue weighted by molar-refractivity contribution is -0.140. The van der Waals surface area contributed by atoms with E-state index in [2.05, 4.69) is 20.2 Å². The molecule has 116 valence electrons. The van der Waals surface area contributed by atoms with E-state index in [4.69, 9.17) is 4.74 Å². The minimum atomic E-state index is -4.54. The summed E-state index contributed by atoms with van der Waals surface area (Å²) in [6.45, 7) is 0.320. The van der Waals surface area contributed by atoms with Crippen LogP contribution in [0.25, 0.3) is 0 Å². The molecule has 0 spiro atoms. The maximum absolute atomic E-state index is 12.8. The largest absolute Gasteiger partial charge is 0.470 e. The molecule has 0 radical (unpaired) electrons. The van der Waals surface area contributed by atoms with Crippen molar-refractivity contribution in [1.29, 1.82) is 0 Å². The van der Waals surface area contributed by atoms with Crippen LogP contribution in [0.15, 0.2) is 24.7 Å². The molecule has 2 aromatic heterocycles. The summed E-state index contributed by atoms with van der Waals surface area (Å²) in [6, 6.07) is 2.09. The number of likely N-dealkylation sites (tertiary alicyclic amines) is 1. The summed E-state index contributed by atoms with van der Waals surface area (Å²) < 4.78 is 43.7. The van der Waals surface area contributed by atoms with Gasteiger partial charge in [0.2, 0.25) is 11.7 Å². The molecule has 7 nitrogen and oxygen atoms in total. The first kappa shape index (κ1) is 14.3. The molecule has 0 saturated carbocycles. The fraction of sp³-hybridized carbons (Fsp3) is 0.333. The van der Waals surface area contributed by atoms with Crippen molar-refractivity contribution in [2.75, 3.05) is 13.1 Å². The first-order valence-electron chi connectivity index (χ1n) is 6.28. The SMILES string of the molecule is O=C(c1ncn[nH]1)N1CC(Oc2ncccc2C(F)(F)F)C1. The number of nitrogens with zero attached hydrogens (tertiary/aromatic N) is 4. The predicted octanol–water partition coefficient (Wildman–Crippen LogP) is 1.12. The Morgan fingerprint density at radius 2 is 2.14 bits per heavy atom. The molecular weight excluding hydrogens is 303 g/mol. The predicted molar refractivity (Wildman–Crippen MR) is 65.9 cm³/mol. The third-order valence-electron chi connectivity index (χ3n) is 3.11. The number of carbonyl (C=O) groups is 1. The van der Waals surface area contributed by atoms with E-state index >= 15 is 0 Å². The van der Waals surface area contributed by atoms with Gasteiger partial charge in [0.05, 0.1) is 13.1 Å². The number of alkyl halides is 3. The van der Waals surface area contributed by atoms with Crippen molar-refractivity contribution in [1.82, 2.24) is 25.1 Å². The van der Waals surface area contributed by atoms with E-state index in [0.717, 1.165) is 6.07 Å². The minimum absolute atomic E-state index is 0.0762. The van der Waals surface area contributed by atoms with Crippen LogP contribution in [0, 0.1) is 0 Å². The van der Waals surface area contributed by atoms with Crippen molar-refractivity contribution in [3.8, 4) is 5.88 Å². The second-order valence-corrected chi connectivity index (χ2v) is 4.64.